The van der Waals surface area contributed by atoms with Gasteiger partial charge in [-0.1, -0.05) is 39.2 Å². The van der Waals surface area contributed by atoms with Crippen LogP contribution in [0.4, 0.5) is 4.39 Å². The normalized spacial score (nSPS) is 14.5. The maximum atomic E-state index is 13.0. The van der Waals surface area contributed by atoms with Crippen LogP contribution in [-0.2, 0) is 10.8 Å². The molecule has 3 heteroatoms. The number of benzene rings is 1. The van der Waals surface area contributed by atoms with E-state index in [1.54, 1.807) is 12.1 Å². The molecule has 0 amide bonds. The van der Waals surface area contributed by atoms with Gasteiger partial charge in [-0.2, -0.15) is 0 Å². The second-order valence-electron chi connectivity index (χ2n) is 4.39. The third-order valence-corrected chi connectivity index (χ3v) is 4.54. The Bertz CT molecular complexity index is 365. The van der Waals surface area contributed by atoms with E-state index in [9.17, 15) is 8.60 Å². The third kappa shape index (κ3) is 4.99. The average Bonchev–Trinajstić information content (AvgIpc) is 2.34. The molecule has 1 rings (SSSR count). The molecule has 0 bridgehead atoms. The molecule has 1 nitrogen and oxygen atoms in total. The van der Waals surface area contributed by atoms with Gasteiger partial charge >= 0.3 is 0 Å². The molecular formula is C14H21FOS. The lowest BCUT2D eigenvalue weighted by Crippen LogP contribution is -2.11. The Labute approximate surface area is 106 Å². The largest absolute Gasteiger partial charge is 0.254 e. The van der Waals surface area contributed by atoms with Crippen molar-refractivity contribution in [1.82, 2.24) is 0 Å². The van der Waals surface area contributed by atoms with Crippen LogP contribution in [0.1, 0.15) is 39.5 Å². The molecule has 0 aliphatic heterocycles. The Kier molecular flexibility index (Phi) is 6.41. The van der Waals surface area contributed by atoms with Gasteiger partial charge in [0.2, 0.25) is 0 Å². The van der Waals surface area contributed by atoms with E-state index >= 15 is 0 Å². The van der Waals surface area contributed by atoms with Gasteiger partial charge in [0.05, 0.1) is 10.8 Å². The summed E-state index contributed by atoms with van der Waals surface area (Å²) in [5.41, 5.74) is 0. The first-order valence-electron chi connectivity index (χ1n) is 6.31. The van der Waals surface area contributed by atoms with Crippen molar-refractivity contribution >= 4 is 10.8 Å². The summed E-state index contributed by atoms with van der Waals surface area (Å²) < 4.78 is 25.1. The van der Waals surface area contributed by atoms with E-state index in [0.717, 1.165) is 12.8 Å². The van der Waals surface area contributed by atoms with E-state index in [1.165, 1.54) is 25.0 Å². The van der Waals surface area contributed by atoms with Crippen LogP contribution < -0.4 is 0 Å². The maximum Gasteiger partial charge on any atom is 0.124 e. The zero-order valence-electron chi connectivity index (χ0n) is 10.6. The predicted octanol–water partition coefficient (Wildman–Crippen LogP) is 4.15. The van der Waals surface area contributed by atoms with Crippen molar-refractivity contribution in [2.75, 3.05) is 5.75 Å². The number of rotatable bonds is 7. The van der Waals surface area contributed by atoms with Crippen molar-refractivity contribution in [3.8, 4) is 0 Å². The molecule has 17 heavy (non-hydrogen) atoms. The van der Waals surface area contributed by atoms with Crippen LogP contribution in [-0.4, -0.2) is 9.96 Å². The van der Waals surface area contributed by atoms with Crippen LogP contribution in [0.2, 0.25) is 0 Å². The first kappa shape index (κ1) is 14.4. The summed E-state index contributed by atoms with van der Waals surface area (Å²) in [7, 11) is -1.07. The van der Waals surface area contributed by atoms with Crippen molar-refractivity contribution in [3.63, 3.8) is 0 Å². The molecule has 96 valence electrons. The van der Waals surface area contributed by atoms with E-state index in [0.29, 0.717) is 16.6 Å². The summed E-state index contributed by atoms with van der Waals surface area (Å²) in [6.45, 7) is 4.29. The minimum Gasteiger partial charge on any atom is -0.254 e. The molecule has 0 aromatic heterocycles. The molecule has 0 aliphatic carbocycles. The van der Waals surface area contributed by atoms with E-state index in [4.69, 9.17) is 0 Å². The molecule has 2 atom stereocenters. The van der Waals surface area contributed by atoms with Crippen molar-refractivity contribution < 1.29 is 8.60 Å². The fourth-order valence-corrected chi connectivity index (χ4v) is 3.31. The fraction of sp³-hybridized carbons (Fsp3) is 0.571. The highest BCUT2D eigenvalue weighted by Crippen LogP contribution is 2.18. The first-order valence-corrected chi connectivity index (χ1v) is 7.63. The molecule has 0 spiro atoms. The van der Waals surface area contributed by atoms with Crippen LogP contribution in [0.3, 0.4) is 0 Å². The average molecular weight is 256 g/mol. The van der Waals surface area contributed by atoms with E-state index in [1.807, 2.05) is 0 Å². The van der Waals surface area contributed by atoms with Gasteiger partial charge in [0.15, 0.2) is 0 Å². The van der Waals surface area contributed by atoms with E-state index < -0.39 is 10.8 Å². The lowest BCUT2D eigenvalue weighted by molar-refractivity contribution is 0.494. The Morgan fingerprint density at radius 2 is 2.12 bits per heavy atom. The van der Waals surface area contributed by atoms with Gasteiger partial charge < -0.3 is 0 Å². The van der Waals surface area contributed by atoms with Gasteiger partial charge in [-0.3, -0.25) is 4.21 Å². The molecule has 2 unspecified atom stereocenters. The molecule has 0 aliphatic rings. The second-order valence-corrected chi connectivity index (χ2v) is 5.88. The quantitative estimate of drug-likeness (QED) is 0.716. The molecule has 0 saturated carbocycles. The van der Waals surface area contributed by atoms with Crippen molar-refractivity contribution in [2.45, 2.75) is 44.4 Å². The SMILES string of the molecule is CCCCC(CC)CS(=O)c1cccc(F)c1. The van der Waals surface area contributed by atoms with Gasteiger partial charge in [0, 0.05) is 10.6 Å². The van der Waals surface area contributed by atoms with Crippen LogP contribution in [0.5, 0.6) is 0 Å². The molecule has 0 fully saturated rings. The fourth-order valence-electron chi connectivity index (χ4n) is 1.82. The molecule has 0 heterocycles. The summed E-state index contributed by atoms with van der Waals surface area (Å²) >= 11 is 0. The van der Waals surface area contributed by atoms with Gasteiger partial charge in [-0.05, 0) is 30.5 Å². The molecule has 1 aromatic carbocycles. The van der Waals surface area contributed by atoms with Gasteiger partial charge in [-0.15, -0.1) is 0 Å². The third-order valence-electron chi connectivity index (χ3n) is 2.99. The monoisotopic (exact) mass is 256 g/mol. The van der Waals surface area contributed by atoms with Crippen molar-refractivity contribution in [2.24, 2.45) is 5.92 Å². The highest BCUT2D eigenvalue weighted by molar-refractivity contribution is 7.85. The molecule has 1 aromatic rings. The standard InChI is InChI=1S/C14H21FOS/c1-3-5-7-12(4-2)11-17(16)14-9-6-8-13(15)10-14/h6,8-10,12H,3-5,7,11H2,1-2H3. The smallest absolute Gasteiger partial charge is 0.124 e. The lowest BCUT2D eigenvalue weighted by Gasteiger charge is -2.13. The zero-order chi connectivity index (χ0) is 12.7. The van der Waals surface area contributed by atoms with Crippen molar-refractivity contribution in [3.05, 3.63) is 30.1 Å². The maximum absolute atomic E-state index is 13.0. The van der Waals surface area contributed by atoms with Crippen LogP contribution in [0, 0.1) is 11.7 Å². The highest BCUT2D eigenvalue weighted by Gasteiger charge is 2.12. The van der Waals surface area contributed by atoms with Gasteiger partial charge in [0.25, 0.3) is 0 Å². The van der Waals surface area contributed by atoms with Crippen LogP contribution in [0.15, 0.2) is 29.2 Å². The molecule has 0 N–H and O–H groups in total. The van der Waals surface area contributed by atoms with Gasteiger partial charge in [0.1, 0.15) is 5.82 Å². The molecule has 0 radical (unpaired) electrons. The second kappa shape index (κ2) is 7.59. The predicted molar refractivity (Wildman–Crippen MR) is 71.0 cm³/mol. The summed E-state index contributed by atoms with van der Waals surface area (Å²) in [5, 5.41) is 0. The van der Waals surface area contributed by atoms with Crippen LogP contribution >= 0.6 is 0 Å². The Balaban J connectivity index is 2.58. The zero-order valence-corrected chi connectivity index (χ0v) is 11.4. The summed E-state index contributed by atoms with van der Waals surface area (Å²) in [6.07, 6.45) is 4.51. The number of hydrogen-bond donors (Lipinski definition) is 0. The Morgan fingerprint density at radius 3 is 2.71 bits per heavy atom. The van der Waals surface area contributed by atoms with E-state index in [2.05, 4.69) is 13.8 Å². The minimum atomic E-state index is -1.07. The summed E-state index contributed by atoms with van der Waals surface area (Å²) in [5.74, 6) is 0.830. The topological polar surface area (TPSA) is 17.1 Å². The summed E-state index contributed by atoms with van der Waals surface area (Å²) in [4.78, 5) is 0.611. The van der Waals surface area contributed by atoms with Crippen molar-refractivity contribution in [1.29, 1.82) is 0 Å². The van der Waals surface area contributed by atoms with Crippen LogP contribution in [0.25, 0.3) is 0 Å². The Morgan fingerprint density at radius 1 is 1.35 bits per heavy atom. The van der Waals surface area contributed by atoms with E-state index in [-0.39, 0.29) is 5.82 Å². The Hall–Kier alpha value is -0.700. The number of hydrogen-bond acceptors (Lipinski definition) is 1. The first-order chi connectivity index (χ1) is 8.17. The molecular weight excluding hydrogens is 235 g/mol. The minimum absolute atomic E-state index is 0.308. The highest BCUT2D eigenvalue weighted by atomic mass is 32.2. The lowest BCUT2D eigenvalue weighted by atomic mass is 10.0. The van der Waals surface area contributed by atoms with Gasteiger partial charge in [-0.25, -0.2) is 4.39 Å². The number of halogens is 1. The summed E-state index contributed by atoms with van der Waals surface area (Å²) in [6, 6.07) is 6.12. The number of unbranched alkanes of at least 4 members (excludes halogenated alkanes) is 1. The molecule has 0 saturated heterocycles.